The number of hydrogen-bond acceptors (Lipinski definition) is 3. The number of aromatic nitrogens is 1. The minimum absolute atomic E-state index is 0.173. The third-order valence-electron chi connectivity index (χ3n) is 5.63. The number of benzene rings is 1. The maximum atomic E-state index is 12.6. The van der Waals surface area contributed by atoms with Gasteiger partial charge in [0.25, 0.3) is 0 Å². The lowest BCUT2D eigenvalue weighted by Crippen LogP contribution is -2.15. The Kier molecular flexibility index (Phi) is 3.15. The average molecular weight is 329 g/mol. The van der Waals surface area contributed by atoms with Crippen LogP contribution in [0.5, 0.6) is 0 Å². The number of hydrogen-bond donors (Lipinski definition) is 0. The van der Waals surface area contributed by atoms with Gasteiger partial charge in [-0.05, 0) is 54.4 Å². The lowest BCUT2D eigenvalue weighted by Gasteiger charge is -2.20. The second-order valence-electron chi connectivity index (χ2n) is 7.74. The van der Waals surface area contributed by atoms with Crippen LogP contribution in [0.1, 0.15) is 55.8 Å². The van der Waals surface area contributed by atoms with Gasteiger partial charge < -0.3 is 0 Å². The topological polar surface area (TPSA) is 47.0 Å². The first-order chi connectivity index (χ1) is 10.8. The summed E-state index contributed by atoms with van der Waals surface area (Å²) in [5.41, 5.74) is 3.48. The molecular formula is C19H23NO2S. The molecule has 0 radical (unpaired) electrons. The minimum Gasteiger partial charge on any atom is -0.260 e. The van der Waals surface area contributed by atoms with Gasteiger partial charge in [0.1, 0.15) is 0 Å². The Morgan fingerprint density at radius 1 is 1.26 bits per heavy atom. The second kappa shape index (κ2) is 4.79. The van der Waals surface area contributed by atoms with Crippen LogP contribution in [0, 0.1) is 5.41 Å². The average Bonchev–Trinajstić information content (AvgIpc) is 3.26. The molecule has 0 saturated heterocycles. The molecule has 1 saturated carbocycles. The lowest BCUT2D eigenvalue weighted by molar-refractivity contribution is 0.331. The Labute approximate surface area is 138 Å². The van der Waals surface area contributed by atoms with Crippen molar-refractivity contribution in [2.24, 2.45) is 5.41 Å². The maximum Gasteiger partial charge on any atom is 0.176 e. The highest BCUT2D eigenvalue weighted by Gasteiger charge is 2.36. The van der Waals surface area contributed by atoms with E-state index in [9.17, 15) is 8.42 Å². The molecule has 2 aromatic rings. The molecule has 0 bridgehead atoms. The van der Waals surface area contributed by atoms with Crippen molar-refractivity contribution in [2.45, 2.75) is 56.8 Å². The number of fused-ring (bicyclic) bond motifs is 2. The SMILES string of the molecule is CCC1(C)Cc2cc3cnc(C4CC4)cc3c(S(C)(=O)=O)c2C1. The van der Waals surface area contributed by atoms with Crippen molar-refractivity contribution in [1.29, 1.82) is 0 Å². The molecule has 1 aromatic carbocycles. The lowest BCUT2D eigenvalue weighted by atomic mass is 9.85. The van der Waals surface area contributed by atoms with Crippen molar-refractivity contribution in [2.75, 3.05) is 6.26 Å². The van der Waals surface area contributed by atoms with Crippen LogP contribution in [0.3, 0.4) is 0 Å². The number of rotatable bonds is 3. The summed E-state index contributed by atoms with van der Waals surface area (Å²) in [6, 6.07) is 4.20. The molecule has 4 rings (SSSR count). The van der Waals surface area contributed by atoms with Crippen LogP contribution < -0.4 is 0 Å². The van der Waals surface area contributed by atoms with Gasteiger partial charge in [-0.25, -0.2) is 8.42 Å². The molecule has 0 spiro atoms. The van der Waals surface area contributed by atoms with Crippen LogP contribution in [0.15, 0.2) is 23.2 Å². The smallest absolute Gasteiger partial charge is 0.176 e. The van der Waals surface area contributed by atoms with Crippen LogP contribution in [-0.4, -0.2) is 19.7 Å². The van der Waals surface area contributed by atoms with E-state index in [4.69, 9.17) is 0 Å². The summed E-state index contributed by atoms with van der Waals surface area (Å²) in [5.74, 6) is 0.529. The van der Waals surface area contributed by atoms with Gasteiger partial charge in [0, 0.05) is 34.8 Å². The number of sulfone groups is 1. The summed E-state index contributed by atoms with van der Waals surface area (Å²) in [4.78, 5) is 5.14. The van der Waals surface area contributed by atoms with E-state index in [0.29, 0.717) is 10.8 Å². The standard InChI is InChI=1S/C19H23NO2S/c1-4-19(2)9-13-7-14-11-20-17(12-5-6-12)8-15(14)18(16(13)10-19)23(3,21)22/h7-8,11-12H,4-6,9-10H2,1-3H3. The van der Waals surface area contributed by atoms with Gasteiger partial charge in [-0.15, -0.1) is 0 Å². The van der Waals surface area contributed by atoms with E-state index in [1.54, 1.807) is 0 Å². The minimum atomic E-state index is -3.26. The molecule has 3 nitrogen and oxygen atoms in total. The summed E-state index contributed by atoms with van der Waals surface area (Å²) >= 11 is 0. The normalized spacial score (nSPS) is 24.1. The molecular weight excluding hydrogens is 306 g/mol. The first-order valence-electron chi connectivity index (χ1n) is 8.45. The van der Waals surface area contributed by atoms with Gasteiger partial charge >= 0.3 is 0 Å². The fraction of sp³-hybridized carbons (Fsp3) is 0.526. The van der Waals surface area contributed by atoms with Gasteiger partial charge in [0.05, 0.1) is 4.90 Å². The molecule has 122 valence electrons. The van der Waals surface area contributed by atoms with E-state index in [0.717, 1.165) is 41.3 Å². The van der Waals surface area contributed by atoms with Crippen LogP contribution in [0.4, 0.5) is 0 Å². The van der Waals surface area contributed by atoms with Gasteiger partial charge in [0.2, 0.25) is 0 Å². The monoisotopic (exact) mass is 329 g/mol. The quantitative estimate of drug-likeness (QED) is 0.854. The third-order valence-corrected chi connectivity index (χ3v) is 6.84. The Morgan fingerprint density at radius 3 is 2.61 bits per heavy atom. The van der Waals surface area contributed by atoms with Crippen molar-refractivity contribution in [3.63, 3.8) is 0 Å². The summed E-state index contributed by atoms with van der Waals surface area (Å²) < 4.78 is 25.2. The van der Waals surface area contributed by atoms with Crippen molar-refractivity contribution >= 4 is 20.6 Å². The van der Waals surface area contributed by atoms with Crippen LogP contribution in [0.25, 0.3) is 10.8 Å². The maximum absolute atomic E-state index is 12.6. The molecule has 2 aliphatic rings. The number of pyridine rings is 1. The molecule has 0 aliphatic heterocycles. The van der Waals surface area contributed by atoms with Crippen LogP contribution in [0.2, 0.25) is 0 Å². The number of nitrogens with zero attached hydrogens (tertiary/aromatic N) is 1. The van der Waals surface area contributed by atoms with Gasteiger partial charge in [-0.3, -0.25) is 4.98 Å². The first kappa shape index (κ1) is 15.1. The summed E-state index contributed by atoms with van der Waals surface area (Å²) in [5, 5.41) is 1.84. The Bertz CT molecular complexity index is 913. The highest BCUT2D eigenvalue weighted by molar-refractivity contribution is 7.91. The van der Waals surface area contributed by atoms with Crippen LogP contribution in [-0.2, 0) is 22.7 Å². The largest absolute Gasteiger partial charge is 0.260 e. The van der Waals surface area contributed by atoms with E-state index >= 15 is 0 Å². The molecule has 1 aromatic heterocycles. The van der Waals surface area contributed by atoms with Crippen molar-refractivity contribution in [1.82, 2.24) is 4.98 Å². The fourth-order valence-corrected chi connectivity index (χ4v) is 5.18. The molecule has 2 aliphatic carbocycles. The highest BCUT2D eigenvalue weighted by atomic mass is 32.2. The van der Waals surface area contributed by atoms with E-state index in [1.807, 2.05) is 12.3 Å². The van der Waals surface area contributed by atoms with Crippen LogP contribution >= 0.6 is 0 Å². The second-order valence-corrected chi connectivity index (χ2v) is 9.69. The van der Waals surface area contributed by atoms with E-state index < -0.39 is 9.84 Å². The van der Waals surface area contributed by atoms with E-state index in [-0.39, 0.29) is 5.41 Å². The highest BCUT2D eigenvalue weighted by Crippen LogP contribution is 2.45. The van der Waals surface area contributed by atoms with Crippen molar-refractivity contribution < 1.29 is 8.42 Å². The molecule has 0 N–H and O–H groups in total. The zero-order valence-corrected chi connectivity index (χ0v) is 14.8. The molecule has 4 heteroatoms. The molecule has 0 amide bonds. The van der Waals surface area contributed by atoms with E-state index in [2.05, 4.69) is 24.9 Å². The third kappa shape index (κ3) is 2.47. The molecule has 1 heterocycles. The molecule has 1 fully saturated rings. The van der Waals surface area contributed by atoms with Gasteiger partial charge in [-0.1, -0.05) is 20.3 Å². The summed E-state index contributed by atoms with van der Waals surface area (Å²) in [7, 11) is -3.26. The van der Waals surface area contributed by atoms with Gasteiger partial charge in [-0.2, -0.15) is 0 Å². The van der Waals surface area contributed by atoms with Crippen molar-refractivity contribution in [3.8, 4) is 0 Å². The van der Waals surface area contributed by atoms with E-state index in [1.165, 1.54) is 24.7 Å². The molecule has 23 heavy (non-hydrogen) atoms. The first-order valence-corrected chi connectivity index (χ1v) is 10.3. The predicted molar refractivity (Wildman–Crippen MR) is 92.6 cm³/mol. The van der Waals surface area contributed by atoms with Crippen molar-refractivity contribution in [3.05, 3.63) is 35.2 Å². The fourth-order valence-electron chi connectivity index (χ4n) is 3.95. The predicted octanol–water partition coefficient (Wildman–Crippen LogP) is 4.03. The Hall–Kier alpha value is -1.42. The Morgan fingerprint density at radius 2 is 2.00 bits per heavy atom. The summed E-state index contributed by atoms with van der Waals surface area (Å²) in [6.45, 7) is 4.45. The zero-order valence-electron chi connectivity index (χ0n) is 14.0. The summed E-state index contributed by atoms with van der Waals surface area (Å²) in [6.07, 6.45) is 8.45. The molecule has 1 unspecified atom stereocenters. The molecule has 1 atom stereocenters. The Balaban J connectivity index is 2.02. The van der Waals surface area contributed by atoms with Gasteiger partial charge in [0.15, 0.2) is 9.84 Å². The zero-order chi connectivity index (χ0) is 16.4.